The molecule has 0 aromatic heterocycles. The molecule has 2 heterocycles. The summed E-state index contributed by atoms with van der Waals surface area (Å²) in [4.78, 5) is 45.4. The Labute approximate surface area is 352 Å². The fraction of sp³-hybridized carbons (Fsp3) is 0.542. The van der Waals surface area contributed by atoms with Gasteiger partial charge in [0.05, 0.1) is 30.5 Å². The lowest BCUT2D eigenvalue weighted by Gasteiger charge is -2.38. The summed E-state index contributed by atoms with van der Waals surface area (Å²) < 4.78 is 6.00. The zero-order valence-electron chi connectivity index (χ0n) is 36.5. The molecule has 4 atom stereocenters. The topological polar surface area (TPSA) is 111 Å². The van der Waals surface area contributed by atoms with Crippen LogP contribution in [0, 0.1) is 11.3 Å². The van der Waals surface area contributed by atoms with Crippen molar-refractivity contribution >= 4 is 40.0 Å². The number of β-amino-alcohol motifs (C(OH)–C–C–N with tert-alkyl or cyclic N) is 1. The Morgan fingerprint density at radius 2 is 1.76 bits per heavy atom. The van der Waals surface area contributed by atoms with Crippen LogP contribution in [0.1, 0.15) is 128 Å². The Hall–Kier alpha value is -4.08. The third-order valence-electron chi connectivity index (χ3n) is 11.1. The monoisotopic (exact) mass is 812 g/mol. The number of thioether (sulfide) groups is 1. The van der Waals surface area contributed by atoms with Crippen LogP contribution in [0.5, 0.6) is 0 Å². The van der Waals surface area contributed by atoms with Crippen LogP contribution in [0.2, 0.25) is 0 Å². The summed E-state index contributed by atoms with van der Waals surface area (Å²) in [5, 5.41) is 19.3. The third kappa shape index (κ3) is 12.5. The first kappa shape index (κ1) is 46.6. The minimum atomic E-state index is -0.722. The van der Waals surface area contributed by atoms with E-state index in [-0.39, 0.29) is 43.2 Å². The van der Waals surface area contributed by atoms with Gasteiger partial charge in [-0.1, -0.05) is 88.9 Å². The molecule has 3 unspecified atom stereocenters. The second-order valence-electron chi connectivity index (χ2n) is 17.1. The number of allylic oxidation sites excluding steroid dienone is 2. The summed E-state index contributed by atoms with van der Waals surface area (Å²) in [6, 6.07) is 13.1. The smallest absolute Gasteiger partial charge is 0.246 e. The standard InChI is InChI=1S/C48H68N4O5S/c1-11-15-43(54)40-21-20-38(27-35(40)13-3)51-24-22-34(23-25-51)30-57-31-44(55)50-46(48(8,9)10)41(14-4)52-29-39(53)28-42(52)47(56)49-33(7)36-16-18-37(19-17-36)45(32(5)6)58-26-12-2/h12,16-21,26-27,33-34,39,42,46,53H,4,11,13,15,22-25,28-31H2,1-3,5-10H3,(H,49,56)(H,50,55)/b26-12-/t33?,39-,42?,46?/m1/s1. The Balaban J connectivity index is 1.33. The van der Waals surface area contributed by atoms with E-state index in [4.69, 9.17) is 4.74 Å². The highest BCUT2D eigenvalue weighted by Crippen LogP contribution is 2.34. The normalized spacial score (nSPS) is 18.4. The maximum atomic E-state index is 13.9. The molecule has 0 spiro atoms. The average Bonchev–Trinajstić information content (AvgIpc) is 3.58. The number of amides is 2. The first-order valence-corrected chi connectivity index (χ1v) is 22.0. The van der Waals surface area contributed by atoms with Crippen molar-refractivity contribution in [3.63, 3.8) is 0 Å². The van der Waals surface area contributed by atoms with Crippen molar-refractivity contribution in [2.24, 2.45) is 11.3 Å². The van der Waals surface area contributed by atoms with E-state index in [0.717, 1.165) is 66.7 Å². The van der Waals surface area contributed by atoms with E-state index in [1.54, 1.807) is 11.8 Å². The molecular formula is C48H68N4O5S. The molecular weight excluding hydrogens is 745 g/mol. The number of carbonyl (C=O) groups is 3. The number of ether oxygens (including phenoxy) is 1. The molecule has 2 aromatic rings. The molecule has 3 N–H and O–H groups in total. The lowest BCUT2D eigenvalue weighted by Crippen LogP contribution is -2.53. The second kappa shape index (κ2) is 21.8. The first-order valence-electron chi connectivity index (χ1n) is 21.1. The number of piperidine rings is 1. The van der Waals surface area contributed by atoms with Crippen molar-refractivity contribution in [1.82, 2.24) is 15.5 Å². The number of aryl methyl sites for hydroxylation is 1. The lowest BCUT2D eigenvalue weighted by molar-refractivity contribution is -0.127. The number of benzene rings is 2. The largest absolute Gasteiger partial charge is 0.391 e. The predicted octanol–water partition coefficient (Wildman–Crippen LogP) is 8.99. The zero-order chi connectivity index (χ0) is 42.6. The van der Waals surface area contributed by atoms with Gasteiger partial charge in [0.1, 0.15) is 12.6 Å². The highest BCUT2D eigenvalue weighted by molar-refractivity contribution is 8.10. The van der Waals surface area contributed by atoms with E-state index in [9.17, 15) is 19.5 Å². The van der Waals surface area contributed by atoms with Crippen molar-refractivity contribution in [2.75, 3.05) is 37.7 Å². The van der Waals surface area contributed by atoms with Gasteiger partial charge in [-0.05, 0) is 105 Å². The quantitative estimate of drug-likeness (QED) is 0.101. The highest BCUT2D eigenvalue weighted by atomic mass is 32.2. The molecule has 4 rings (SSSR count). The molecule has 2 fully saturated rings. The number of anilines is 1. The van der Waals surface area contributed by atoms with Crippen molar-refractivity contribution in [2.45, 2.75) is 125 Å². The van der Waals surface area contributed by atoms with Crippen molar-refractivity contribution in [3.05, 3.63) is 99.8 Å². The molecule has 0 radical (unpaired) electrons. The van der Waals surface area contributed by atoms with Crippen LogP contribution in [-0.2, 0) is 20.7 Å². The predicted molar refractivity (Wildman–Crippen MR) is 240 cm³/mol. The van der Waals surface area contributed by atoms with Gasteiger partial charge in [0.25, 0.3) is 0 Å². The van der Waals surface area contributed by atoms with Crippen LogP contribution in [0.4, 0.5) is 5.69 Å². The summed E-state index contributed by atoms with van der Waals surface area (Å²) in [6.45, 7) is 24.8. The van der Waals surface area contributed by atoms with Gasteiger partial charge < -0.3 is 30.3 Å². The van der Waals surface area contributed by atoms with E-state index in [1.165, 1.54) is 10.5 Å². The molecule has 2 aromatic carbocycles. The number of hydrogen-bond acceptors (Lipinski definition) is 8. The second-order valence-corrected chi connectivity index (χ2v) is 18.0. The number of aliphatic hydroxyl groups excluding tert-OH is 1. The zero-order valence-corrected chi connectivity index (χ0v) is 37.3. The number of carbonyl (C=O) groups excluding carboxylic acids is 3. The van der Waals surface area contributed by atoms with Gasteiger partial charge in [0, 0.05) is 48.6 Å². The molecule has 0 bridgehead atoms. The summed E-state index contributed by atoms with van der Waals surface area (Å²) in [6.07, 6.45) is 5.71. The molecule has 9 nitrogen and oxygen atoms in total. The molecule has 2 amide bonds. The number of Topliss-reactive ketones (excluding diaryl/α,β-unsaturated/α-hetero) is 1. The number of ketones is 1. The number of rotatable bonds is 18. The molecule has 2 saturated heterocycles. The number of aliphatic hydroxyl groups is 1. The van der Waals surface area contributed by atoms with E-state index < -0.39 is 23.6 Å². The lowest BCUT2D eigenvalue weighted by atomic mass is 9.84. The summed E-state index contributed by atoms with van der Waals surface area (Å²) in [5.41, 5.74) is 9.61. The Kier molecular flexibility index (Phi) is 17.5. The van der Waals surface area contributed by atoms with E-state index in [1.807, 2.05) is 70.7 Å². The first-order chi connectivity index (χ1) is 27.6. The SMILES string of the molecule is C=C=C(C(NC(=O)COCC1CCN(c2ccc(C(=O)CCC)c(CC)c2)CC1)C(C)(C)C)N1C[C@H](O)CC1C(=O)NC(C)c1ccc(C(S/C=C\C)=C(C)C)cc1. The van der Waals surface area contributed by atoms with Gasteiger partial charge in [-0.15, -0.1) is 5.73 Å². The van der Waals surface area contributed by atoms with Crippen LogP contribution >= 0.6 is 11.8 Å². The number of hydrogen-bond donors (Lipinski definition) is 3. The van der Waals surface area contributed by atoms with Gasteiger partial charge in [-0.3, -0.25) is 14.4 Å². The Morgan fingerprint density at radius 1 is 1.07 bits per heavy atom. The maximum absolute atomic E-state index is 13.9. The van der Waals surface area contributed by atoms with Crippen LogP contribution in [0.15, 0.2) is 77.5 Å². The molecule has 316 valence electrons. The van der Waals surface area contributed by atoms with E-state index in [0.29, 0.717) is 24.6 Å². The Bertz CT molecular complexity index is 1830. The van der Waals surface area contributed by atoms with E-state index >= 15 is 0 Å². The number of nitrogens with zero attached hydrogens (tertiary/aromatic N) is 2. The fourth-order valence-corrected chi connectivity index (χ4v) is 8.68. The molecule has 58 heavy (non-hydrogen) atoms. The van der Waals surface area contributed by atoms with Crippen LogP contribution in [0.25, 0.3) is 4.91 Å². The molecule has 0 saturated carbocycles. The molecule has 0 aliphatic carbocycles. The van der Waals surface area contributed by atoms with Gasteiger partial charge >= 0.3 is 0 Å². The van der Waals surface area contributed by atoms with Gasteiger partial charge in [0.15, 0.2) is 5.78 Å². The Morgan fingerprint density at radius 3 is 2.34 bits per heavy atom. The highest BCUT2D eigenvalue weighted by Gasteiger charge is 2.42. The maximum Gasteiger partial charge on any atom is 0.246 e. The van der Waals surface area contributed by atoms with Gasteiger partial charge in [-0.25, -0.2) is 0 Å². The average molecular weight is 813 g/mol. The number of likely N-dealkylation sites (tertiary alicyclic amines) is 1. The molecule has 2 aliphatic heterocycles. The van der Waals surface area contributed by atoms with Crippen molar-refractivity contribution in [3.8, 4) is 0 Å². The molecule has 10 heteroatoms. The van der Waals surface area contributed by atoms with Gasteiger partial charge in [0.2, 0.25) is 11.8 Å². The minimum absolute atomic E-state index is 0.0870. The van der Waals surface area contributed by atoms with E-state index in [2.05, 4.69) is 78.3 Å². The summed E-state index contributed by atoms with van der Waals surface area (Å²) in [7, 11) is 0. The van der Waals surface area contributed by atoms with Crippen LogP contribution in [-0.4, -0.2) is 78.6 Å². The summed E-state index contributed by atoms with van der Waals surface area (Å²) >= 11 is 1.69. The van der Waals surface area contributed by atoms with Crippen LogP contribution < -0.4 is 15.5 Å². The van der Waals surface area contributed by atoms with Crippen molar-refractivity contribution in [1.29, 1.82) is 0 Å². The summed E-state index contributed by atoms with van der Waals surface area (Å²) in [5.74, 6) is 0.0981. The number of nitrogens with one attached hydrogen (secondary N) is 2. The van der Waals surface area contributed by atoms with Crippen molar-refractivity contribution < 1.29 is 24.2 Å². The fourth-order valence-electron chi connectivity index (χ4n) is 7.90. The third-order valence-corrected chi connectivity index (χ3v) is 12.4. The molecule has 2 aliphatic rings. The van der Waals surface area contributed by atoms with Gasteiger partial charge in [-0.2, -0.15) is 0 Å². The van der Waals surface area contributed by atoms with Crippen LogP contribution in [0.3, 0.4) is 0 Å². The minimum Gasteiger partial charge on any atom is -0.391 e.